The van der Waals surface area contributed by atoms with Gasteiger partial charge in [-0.2, -0.15) is 5.10 Å². The second kappa shape index (κ2) is 6.12. The van der Waals surface area contributed by atoms with E-state index in [2.05, 4.69) is 20.7 Å². The molecule has 19 heavy (non-hydrogen) atoms. The van der Waals surface area contributed by atoms with Gasteiger partial charge in [-0.15, -0.1) is 0 Å². The first kappa shape index (κ1) is 14.0. The molecule has 2 aromatic rings. The van der Waals surface area contributed by atoms with Crippen molar-refractivity contribution in [1.82, 2.24) is 14.8 Å². The summed E-state index contributed by atoms with van der Waals surface area (Å²) >= 11 is 12.2. The number of hydrogen-bond acceptors (Lipinski definition) is 4. The number of pyridine rings is 1. The van der Waals surface area contributed by atoms with E-state index < -0.39 is 0 Å². The number of halogens is 2. The second-order valence-corrected chi connectivity index (χ2v) is 4.79. The van der Waals surface area contributed by atoms with Gasteiger partial charge in [0, 0.05) is 19.8 Å². The third kappa shape index (κ3) is 3.30. The van der Waals surface area contributed by atoms with Gasteiger partial charge in [0.25, 0.3) is 0 Å². The Morgan fingerprint density at radius 3 is 2.47 bits per heavy atom. The molecule has 5 nitrogen and oxygen atoms in total. The summed E-state index contributed by atoms with van der Waals surface area (Å²) in [6.07, 6.45) is 1.75. The zero-order chi connectivity index (χ0) is 13.8. The van der Waals surface area contributed by atoms with Crippen molar-refractivity contribution in [2.24, 2.45) is 7.05 Å². The van der Waals surface area contributed by atoms with E-state index in [-0.39, 0.29) is 0 Å². The Bertz CT molecular complexity index is 567. The van der Waals surface area contributed by atoms with E-state index in [0.717, 1.165) is 12.2 Å². The molecule has 2 N–H and O–H groups in total. The third-order valence-electron chi connectivity index (χ3n) is 2.63. The average Bonchev–Trinajstić information content (AvgIpc) is 2.77. The van der Waals surface area contributed by atoms with E-state index in [1.807, 2.05) is 20.0 Å². The fourth-order valence-corrected chi connectivity index (χ4v) is 2.12. The average molecular weight is 300 g/mol. The molecule has 2 heterocycles. The number of nitrogens with one attached hydrogen (secondary N) is 2. The monoisotopic (exact) mass is 299 g/mol. The molecule has 7 heteroatoms. The van der Waals surface area contributed by atoms with Gasteiger partial charge in [-0.05, 0) is 19.1 Å². The Hall–Kier alpha value is -1.46. The first-order chi connectivity index (χ1) is 9.11. The van der Waals surface area contributed by atoms with Crippen LogP contribution in [0, 0.1) is 0 Å². The van der Waals surface area contributed by atoms with Gasteiger partial charge in [0.2, 0.25) is 0 Å². The molecule has 0 unspecified atom stereocenters. The van der Waals surface area contributed by atoms with Crippen molar-refractivity contribution in [3.8, 4) is 0 Å². The molecule has 0 aliphatic heterocycles. The minimum absolute atomic E-state index is 0.494. The maximum Gasteiger partial charge on any atom is 0.147 e. The van der Waals surface area contributed by atoms with E-state index in [1.165, 1.54) is 0 Å². The van der Waals surface area contributed by atoms with Gasteiger partial charge >= 0.3 is 0 Å². The summed E-state index contributed by atoms with van der Waals surface area (Å²) in [6, 6.07) is 3.61. The Balaban J connectivity index is 2.15. The summed E-state index contributed by atoms with van der Waals surface area (Å²) in [5, 5.41) is 11.4. The van der Waals surface area contributed by atoms with Crippen LogP contribution in [0.2, 0.25) is 10.0 Å². The number of aromatic nitrogens is 3. The van der Waals surface area contributed by atoms with E-state index in [1.54, 1.807) is 16.9 Å². The Morgan fingerprint density at radius 1 is 1.21 bits per heavy atom. The van der Waals surface area contributed by atoms with Gasteiger partial charge in [-0.3, -0.25) is 4.68 Å². The Labute approximate surface area is 121 Å². The van der Waals surface area contributed by atoms with E-state index >= 15 is 0 Å². The first-order valence-corrected chi connectivity index (χ1v) is 6.68. The number of nitrogens with zero attached hydrogens (tertiary/aromatic N) is 3. The molecule has 0 aliphatic carbocycles. The molecule has 2 aromatic heterocycles. The topological polar surface area (TPSA) is 54.8 Å². The van der Waals surface area contributed by atoms with Gasteiger partial charge in [-0.25, -0.2) is 4.98 Å². The molecule has 0 radical (unpaired) electrons. The van der Waals surface area contributed by atoms with Crippen molar-refractivity contribution >= 4 is 34.8 Å². The molecule has 0 saturated heterocycles. The fourth-order valence-electron chi connectivity index (χ4n) is 1.63. The lowest BCUT2D eigenvalue weighted by atomic mass is 10.4. The maximum absolute atomic E-state index is 6.12. The van der Waals surface area contributed by atoms with Crippen LogP contribution in [0.1, 0.15) is 12.6 Å². The molecule has 0 aromatic carbocycles. The van der Waals surface area contributed by atoms with E-state index in [4.69, 9.17) is 23.2 Å². The zero-order valence-electron chi connectivity index (χ0n) is 10.7. The molecule has 0 aliphatic rings. The van der Waals surface area contributed by atoms with Crippen molar-refractivity contribution in [2.75, 3.05) is 17.2 Å². The van der Waals surface area contributed by atoms with Crippen LogP contribution in [0.4, 0.5) is 11.6 Å². The lowest BCUT2D eigenvalue weighted by molar-refractivity contribution is 0.720. The van der Waals surface area contributed by atoms with Crippen LogP contribution in [0.3, 0.4) is 0 Å². The highest BCUT2D eigenvalue weighted by molar-refractivity contribution is 6.37. The molecule has 0 atom stereocenters. The minimum atomic E-state index is 0.494. The Morgan fingerprint density at radius 2 is 1.89 bits per heavy atom. The third-order valence-corrected chi connectivity index (χ3v) is 3.21. The van der Waals surface area contributed by atoms with Crippen molar-refractivity contribution in [3.63, 3.8) is 0 Å². The van der Waals surface area contributed by atoms with Gasteiger partial charge < -0.3 is 10.6 Å². The predicted octanol–water partition coefficient (Wildman–Crippen LogP) is 3.17. The number of hydrogen-bond donors (Lipinski definition) is 2. The van der Waals surface area contributed by atoms with Gasteiger partial charge in [0.15, 0.2) is 0 Å². The smallest absolute Gasteiger partial charge is 0.147 e. The van der Waals surface area contributed by atoms with Crippen molar-refractivity contribution < 1.29 is 0 Å². The van der Waals surface area contributed by atoms with Gasteiger partial charge in [-0.1, -0.05) is 23.2 Å². The number of anilines is 2. The van der Waals surface area contributed by atoms with E-state index in [0.29, 0.717) is 28.2 Å². The summed E-state index contributed by atoms with van der Waals surface area (Å²) < 4.78 is 1.79. The van der Waals surface area contributed by atoms with Crippen molar-refractivity contribution in [3.05, 3.63) is 34.1 Å². The molecular weight excluding hydrogens is 285 g/mol. The number of rotatable bonds is 5. The molecule has 102 valence electrons. The van der Waals surface area contributed by atoms with E-state index in [9.17, 15) is 0 Å². The van der Waals surface area contributed by atoms with Crippen molar-refractivity contribution in [1.29, 1.82) is 0 Å². The predicted molar refractivity (Wildman–Crippen MR) is 79.0 cm³/mol. The molecule has 0 amide bonds. The molecule has 2 rings (SSSR count). The molecule has 0 bridgehead atoms. The normalized spacial score (nSPS) is 10.5. The molecule has 0 saturated carbocycles. The Kier molecular flexibility index (Phi) is 4.50. The summed E-state index contributed by atoms with van der Waals surface area (Å²) in [7, 11) is 1.89. The van der Waals surface area contributed by atoms with Crippen LogP contribution < -0.4 is 10.6 Å². The van der Waals surface area contributed by atoms with Gasteiger partial charge in [0.05, 0.1) is 22.3 Å². The lowest BCUT2D eigenvalue weighted by Gasteiger charge is -2.11. The van der Waals surface area contributed by atoms with Crippen molar-refractivity contribution in [2.45, 2.75) is 13.5 Å². The summed E-state index contributed by atoms with van der Waals surface area (Å²) in [5.74, 6) is 1.23. The highest BCUT2D eigenvalue weighted by Gasteiger charge is 2.09. The number of aryl methyl sites for hydroxylation is 1. The first-order valence-electron chi connectivity index (χ1n) is 5.92. The van der Waals surface area contributed by atoms with Crippen LogP contribution in [-0.4, -0.2) is 21.3 Å². The second-order valence-electron chi connectivity index (χ2n) is 3.98. The molecule has 0 fully saturated rings. The minimum Gasteiger partial charge on any atom is -0.369 e. The highest BCUT2D eigenvalue weighted by atomic mass is 35.5. The summed E-state index contributed by atoms with van der Waals surface area (Å²) in [6.45, 7) is 3.32. The van der Waals surface area contributed by atoms with Gasteiger partial charge in [0.1, 0.15) is 11.6 Å². The zero-order valence-corrected chi connectivity index (χ0v) is 12.3. The standard InChI is InChI=1S/C12H15Cl2N5/c1-3-15-11-9(13)6-10(14)12(18-11)16-7-8-4-5-17-19(8)2/h4-6H,3,7H2,1-2H3,(H2,15,16,18). The van der Waals surface area contributed by atoms with Crippen LogP contribution in [-0.2, 0) is 13.6 Å². The van der Waals surface area contributed by atoms with Crippen LogP contribution >= 0.6 is 23.2 Å². The molecular formula is C12H15Cl2N5. The fraction of sp³-hybridized carbons (Fsp3) is 0.333. The van der Waals surface area contributed by atoms with Crippen LogP contribution in [0.5, 0.6) is 0 Å². The summed E-state index contributed by atoms with van der Waals surface area (Å²) in [4.78, 5) is 4.37. The SMILES string of the molecule is CCNc1nc(NCc2ccnn2C)c(Cl)cc1Cl. The van der Waals surface area contributed by atoms with Crippen LogP contribution in [0.15, 0.2) is 18.3 Å². The highest BCUT2D eigenvalue weighted by Crippen LogP contribution is 2.29. The van der Waals surface area contributed by atoms with Crippen LogP contribution in [0.25, 0.3) is 0 Å². The maximum atomic E-state index is 6.12. The lowest BCUT2D eigenvalue weighted by Crippen LogP contribution is -2.08. The largest absolute Gasteiger partial charge is 0.369 e. The molecule has 0 spiro atoms. The summed E-state index contributed by atoms with van der Waals surface area (Å²) in [5.41, 5.74) is 1.04. The quantitative estimate of drug-likeness (QED) is 0.890.